The molecule has 0 heterocycles. The molecule has 3 rings (SSSR count). The molecule has 1 N–H and O–H groups in total. The molecule has 0 aliphatic rings. The lowest BCUT2D eigenvalue weighted by atomic mass is 10.2. The van der Waals surface area contributed by atoms with Crippen LogP contribution in [0, 0.1) is 3.57 Å². The van der Waals surface area contributed by atoms with Gasteiger partial charge in [-0.25, -0.2) is 0 Å². The molecule has 0 unspecified atom stereocenters. The van der Waals surface area contributed by atoms with Gasteiger partial charge < -0.3 is 14.8 Å². The van der Waals surface area contributed by atoms with Crippen molar-refractivity contribution in [1.82, 2.24) is 0 Å². The molecule has 0 fully saturated rings. The fourth-order valence-corrected chi connectivity index (χ4v) is 3.67. The van der Waals surface area contributed by atoms with E-state index in [0.29, 0.717) is 28.9 Å². The van der Waals surface area contributed by atoms with Gasteiger partial charge in [0.25, 0.3) is 0 Å². The normalized spacial score (nSPS) is 10.5. The van der Waals surface area contributed by atoms with Gasteiger partial charge in [0.15, 0.2) is 11.5 Å². The van der Waals surface area contributed by atoms with Gasteiger partial charge in [-0.2, -0.15) is 0 Å². The maximum Gasteiger partial charge on any atom is 0.174 e. The lowest BCUT2D eigenvalue weighted by Gasteiger charge is -2.15. The molecule has 0 bridgehead atoms. The van der Waals surface area contributed by atoms with Crippen molar-refractivity contribution in [2.75, 3.05) is 12.4 Å². The van der Waals surface area contributed by atoms with Crippen LogP contribution in [0.1, 0.15) is 11.1 Å². The molecule has 0 aliphatic carbocycles. The van der Waals surface area contributed by atoms with Gasteiger partial charge in [-0.3, -0.25) is 0 Å². The highest BCUT2D eigenvalue weighted by molar-refractivity contribution is 14.1. The molecular formula is C21H18Cl2INO2. The highest BCUT2D eigenvalue weighted by Gasteiger charge is 2.12. The monoisotopic (exact) mass is 513 g/mol. The van der Waals surface area contributed by atoms with E-state index >= 15 is 0 Å². The molecule has 140 valence electrons. The van der Waals surface area contributed by atoms with Gasteiger partial charge in [0.1, 0.15) is 6.61 Å². The molecule has 0 radical (unpaired) electrons. The summed E-state index contributed by atoms with van der Waals surface area (Å²) in [5, 5.41) is 4.41. The summed E-state index contributed by atoms with van der Waals surface area (Å²) >= 11 is 14.3. The van der Waals surface area contributed by atoms with Crippen LogP contribution >= 0.6 is 45.8 Å². The Labute approximate surface area is 182 Å². The molecule has 0 atom stereocenters. The molecule has 0 spiro atoms. The molecule has 0 aromatic heterocycles. The number of anilines is 1. The summed E-state index contributed by atoms with van der Waals surface area (Å²) in [7, 11) is 1.65. The molecule has 0 saturated heterocycles. The zero-order chi connectivity index (χ0) is 19.2. The first kappa shape index (κ1) is 20.1. The summed E-state index contributed by atoms with van der Waals surface area (Å²) in [6, 6.07) is 19.6. The zero-order valence-electron chi connectivity index (χ0n) is 14.6. The van der Waals surface area contributed by atoms with Gasteiger partial charge in [0.2, 0.25) is 0 Å². The topological polar surface area (TPSA) is 30.5 Å². The highest BCUT2D eigenvalue weighted by Crippen LogP contribution is 2.35. The molecular weight excluding hydrogens is 496 g/mol. The van der Waals surface area contributed by atoms with E-state index in [0.717, 1.165) is 26.1 Å². The summed E-state index contributed by atoms with van der Waals surface area (Å²) in [4.78, 5) is 0. The van der Waals surface area contributed by atoms with Crippen LogP contribution in [0.4, 0.5) is 5.69 Å². The molecule has 3 nitrogen and oxygen atoms in total. The number of ether oxygens (including phenoxy) is 2. The van der Waals surface area contributed by atoms with Gasteiger partial charge in [0.05, 0.1) is 20.7 Å². The second-order valence-corrected chi connectivity index (χ2v) is 7.84. The Morgan fingerprint density at radius 3 is 2.41 bits per heavy atom. The largest absolute Gasteiger partial charge is 0.493 e. The Morgan fingerprint density at radius 1 is 0.926 bits per heavy atom. The molecule has 0 amide bonds. The van der Waals surface area contributed by atoms with E-state index in [4.69, 9.17) is 32.7 Å². The van der Waals surface area contributed by atoms with Gasteiger partial charge in [0, 0.05) is 12.2 Å². The SMILES string of the molecule is COc1cc(CNc2ccc(Cl)c(Cl)c2)cc(I)c1OCc1ccccc1. The fourth-order valence-electron chi connectivity index (χ4n) is 2.56. The quantitative estimate of drug-likeness (QED) is 0.352. The van der Waals surface area contributed by atoms with E-state index in [1.54, 1.807) is 13.2 Å². The maximum absolute atomic E-state index is 6.06. The van der Waals surface area contributed by atoms with E-state index < -0.39 is 0 Å². The van der Waals surface area contributed by atoms with Gasteiger partial charge in [-0.15, -0.1) is 0 Å². The van der Waals surface area contributed by atoms with Crippen LogP contribution in [0.2, 0.25) is 10.0 Å². The summed E-state index contributed by atoms with van der Waals surface area (Å²) in [6.07, 6.45) is 0. The highest BCUT2D eigenvalue weighted by atomic mass is 127. The average Bonchev–Trinajstić information content (AvgIpc) is 2.68. The Hall–Kier alpha value is -1.63. The van der Waals surface area contributed by atoms with Crippen LogP contribution in [0.3, 0.4) is 0 Å². The molecule has 27 heavy (non-hydrogen) atoms. The van der Waals surface area contributed by atoms with Crippen molar-refractivity contribution in [3.05, 3.63) is 85.4 Å². The minimum atomic E-state index is 0.494. The van der Waals surface area contributed by atoms with Crippen molar-refractivity contribution in [2.45, 2.75) is 13.2 Å². The van der Waals surface area contributed by atoms with Crippen molar-refractivity contribution in [3.63, 3.8) is 0 Å². The maximum atomic E-state index is 6.06. The third kappa shape index (κ3) is 5.43. The summed E-state index contributed by atoms with van der Waals surface area (Å²) < 4.78 is 12.5. The minimum absolute atomic E-state index is 0.494. The Kier molecular flexibility index (Phi) is 7.10. The van der Waals surface area contributed by atoms with Crippen LogP contribution in [0.5, 0.6) is 11.5 Å². The van der Waals surface area contributed by atoms with Crippen LogP contribution < -0.4 is 14.8 Å². The van der Waals surface area contributed by atoms with Crippen LogP contribution in [0.15, 0.2) is 60.7 Å². The number of hydrogen-bond acceptors (Lipinski definition) is 3. The molecule has 0 aliphatic heterocycles. The number of rotatable bonds is 7. The predicted octanol–water partition coefficient (Wildman–Crippen LogP) is 6.80. The van der Waals surface area contributed by atoms with Crippen molar-refractivity contribution in [1.29, 1.82) is 0 Å². The second kappa shape index (κ2) is 9.53. The lowest BCUT2D eigenvalue weighted by Crippen LogP contribution is -2.03. The second-order valence-electron chi connectivity index (χ2n) is 5.87. The lowest BCUT2D eigenvalue weighted by molar-refractivity contribution is 0.282. The zero-order valence-corrected chi connectivity index (χ0v) is 18.3. The van der Waals surface area contributed by atoms with E-state index in [1.807, 2.05) is 48.5 Å². The third-order valence-corrected chi connectivity index (χ3v) is 5.47. The molecule has 3 aromatic carbocycles. The first-order valence-corrected chi connectivity index (χ1v) is 10.1. The number of nitrogens with one attached hydrogen (secondary N) is 1. The summed E-state index contributed by atoms with van der Waals surface area (Å²) in [5.41, 5.74) is 3.10. The first-order valence-electron chi connectivity index (χ1n) is 8.29. The van der Waals surface area contributed by atoms with Crippen LogP contribution in [-0.2, 0) is 13.2 Å². The van der Waals surface area contributed by atoms with E-state index in [9.17, 15) is 0 Å². The Balaban J connectivity index is 1.72. The molecule has 6 heteroatoms. The van der Waals surface area contributed by atoms with Gasteiger partial charge in [-0.1, -0.05) is 53.5 Å². The van der Waals surface area contributed by atoms with Gasteiger partial charge in [-0.05, 0) is 64.0 Å². The van der Waals surface area contributed by atoms with Crippen molar-refractivity contribution in [2.24, 2.45) is 0 Å². The molecule has 0 saturated carbocycles. The predicted molar refractivity (Wildman–Crippen MR) is 120 cm³/mol. The van der Waals surface area contributed by atoms with Gasteiger partial charge >= 0.3 is 0 Å². The van der Waals surface area contributed by atoms with E-state index in [2.05, 4.69) is 34.0 Å². The third-order valence-electron chi connectivity index (χ3n) is 3.93. The van der Waals surface area contributed by atoms with Crippen LogP contribution in [-0.4, -0.2) is 7.11 Å². The number of hydrogen-bond donors (Lipinski definition) is 1. The average molecular weight is 514 g/mol. The fraction of sp³-hybridized carbons (Fsp3) is 0.143. The molecule has 3 aromatic rings. The van der Waals surface area contributed by atoms with E-state index in [1.165, 1.54) is 0 Å². The summed E-state index contributed by atoms with van der Waals surface area (Å²) in [5.74, 6) is 1.46. The Bertz CT molecular complexity index is 920. The Morgan fingerprint density at radius 2 is 1.70 bits per heavy atom. The van der Waals surface area contributed by atoms with Crippen molar-refractivity contribution < 1.29 is 9.47 Å². The first-order chi connectivity index (χ1) is 13.1. The smallest absolute Gasteiger partial charge is 0.174 e. The van der Waals surface area contributed by atoms with Crippen molar-refractivity contribution in [3.8, 4) is 11.5 Å². The minimum Gasteiger partial charge on any atom is -0.493 e. The number of halogens is 3. The van der Waals surface area contributed by atoms with Crippen molar-refractivity contribution >= 4 is 51.5 Å². The summed E-state index contributed by atoms with van der Waals surface area (Å²) in [6.45, 7) is 1.12. The van der Waals surface area contributed by atoms with E-state index in [-0.39, 0.29) is 0 Å². The number of benzene rings is 3. The number of methoxy groups -OCH3 is 1. The van der Waals surface area contributed by atoms with Crippen LogP contribution in [0.25, 0.3) is 0 Å². The standard InChI is InChI=1S/C21H18Cl2INO2/c1-26-20-10-15(12-25-16-7-8-17(22)18(23)11-16)9-19(24)21(20)27-13-14-5-3-2-4-6-14/h2-11,25H,12-13H2,1H3.